The van der Waals surface area contributed by atoms with Gasteiger partial charge in [-0.05, 0) is 72.0 Å². The molecule has 0 amide bonds. The molecule has 0 aromatic carbocycles. The van der Waals surface area contributed by atoms with E-state index in [9.17, 15) is 14.4 Å². The van der Waals surface area contributed by atoms with Gasteiger partial charge in [0.1, 0.15) is 24.6 Å². The molecule has 0 N–H and O–H groups in total. The molecule has 44 heavy (non-hydrogen) atoms. The Balaban J connectivity index is 1.55. The van der Waals surface area contributed by atoms with E-state index in [-0.39, 0.29) is 31.3 Å². The fourth-order valence-electron chi connectivity index (χ4n) is 5.85. The molecule has 1 unspecified atom stereocenters. The maximum atomic E-state index is 13.3. The highest BCUT2D eigenvalue weighted by Crippen LogP contribution is 2.29. The predicted octanol–water partition coefficient (Wildman–Crippen LogP) is 5.30. The Hall–Kier alpha value is -2.79. The number of unbranched alkanes of at least 4 members (excludes halogenated alkanes) is 8. The highest BCUT2D eigenvalue weighted by Gasteiger charge is 2.27. The van der Waals surface area contributed by atoms with Crippen LogP contribution in [0.2, 0.25) is 0 Å². The fraction of sp³-hybridized carbons (Fsp3) is 0.788. The number of nitrogens with zero attached hydrogens (tertiary/aromatic N) is 6. The molecule has 1 aliphatic rings. The zero-order valence-corrected chi connectivity index (χ0v) is 27.6. The van der Waals surface area contributed by atoms with Crippen molar-refractivity contribution in [3.8, 4) is 0 Å². The SMILES string of the molecule is CCCCCCCCC(CCCCCC)OC(=O)Cn1cc(Cn2c(=O)ccn([C@H]3CC[C@@H](CCCN(C)C)O3)c2=O)nn1. The molecule has 3 rings (SSSR count). The van der Waals surface area contributed by atoms with Crippen molar-refractivity contribution in [3.63, 3.8) is 0 Å². The van der Waals surface area contributed by atoms with Gasteiger partial charge in [-0.2, -0.15) is 0 Å². The van der Waals surface area contributed by atoms with Gasteiger partial charge >= 0.3 is 11.7 Å². The minimum Gasteiger partial charge on any atom is -0.461 e. The van der Waals surface area contributed by atoms with E-state index >= 15 is 0 Å². The molecule has 1 fully saturated rings. The van der Waals surface area contributed by atoms with Gasteiger partial charge in [0, 0.05) is 12.3 Å². The summed E-state index contributed by atoms with van der Waals surface area (Å²) in [6.07, 6.45) is 19.9. The van der Waals surface area contributed by atoms with Crippen LogP contribution in [0.3, 0.4) is 0 Å². The molecule has 0 bridgehead atoms. The van der Waals surface area contributed by atoms with Crippen LogP contribution >= 0.6 is 0 Å². The van der Waals surface area contributed by atoms with Crippen LogP contribution in [-0.4, -0.2) is 67.8 Å². The summed E-state index contributed by atoms with van der Waals surface area (Å²) in [5.41, 5.74) is -0.431. The van der Waals surface area contributed by atoms with Crippen molar-refractivity contribution < 1.29 is 14.3 Å². The molecule has 0 spiro atoms. The highest BCUT2D eigenvalue weighted by atomic mass is 16.5. The molecule has 2 aromatic rings. The summed E-state index contributed by atoms with van der Waals surface area (Å²) in [4.78, 5) is 40.9. The Kier molecular flexibility index (Phi) is 15.9. The lowest BCUT2D eigenvalue weighted by Gasteiger charge is -2.18. The molecule has 3 heterocycles. The van der Waals surface area contributed by atoms with E-state index in [1.807, 2.05) is 0 Å². The minimum absolute atomic E-state index is 0.0371. The highest BCUT2D eigenvalue weighted by molar-refractivity contribution is 5.69. The van der Waals surface area contributed by atoms with E-state index in [0.717, 1.165) is 68.9 Å². The van der Waals surface area contributed by atoms with Crippen molar-refractivity contribution in [3.05, 3.63) is 45.0 Å². The summed E-state index contributed by atoms with van der Waals surface area (Å²) < 4.78 is 16.1. The summed E-state index contributed by atoms with van der Waals surface area (Å²) in [5.74, 6) is -0.342. The minimum atomic E-state index is -0.439. The Bertz CT molecular complexity index is 1220. The van der Waals surface area contributed by atoms with Crippen LogP contribution in [0.5, 0.6) is 0 Å². The van der Waals surface area contributed by atoms with Crippen molar-refractivity contribution in [2.24, 2.45) is 0 Å². The summed E-state index contributed by atoms with van der Waals surface area (Å²) in [6, 6.07) is 1.39. The third-order valence-corrected chi connectivity index (χ3v) is 8.38. The Morgan fingerprint density at radius 1 is 1.00 bits per heavy atom. The van der Waals surface area contributed by atoms with Crippen LogP contribution in [0.25, 0.3) is 0 Å². The zero-order valence-electron chi connectivity index (χ0n) is 27.6. The normalized spacial score (nSPS) is 17.4. The van der Waals surface area contributed by atoms with Gasteiger partial charge in [-0.15, -0.1) is 5.10 Å². The summed E-state index contributed by atoms with van der Waals surface area (Å²) >= 11 is 0. The average Bonchev–Trinajstić information content (AvgIpc) is 3.64. The first kappa shape index (κ1) is 35.7. The van der Waals surface area contributed by atoms with Gasteiger partial charge in [-0.3, -0.25) is 18.7 Å². The second-order valence-electron chi connectivity index (χ2n) is 12.6. The molecule has 1 aliphatic heterocycles. The molecular formula is C33H56N6O5. The van der Waals surface area contributed by atoms with Crippen LogP contribution in [0.1, 0.15) is 129 Å². The molecule has 3 atom stereocenters. The van der Waals surface area contributed by atoms with Crippen LogP contribution in [0.4, 0.5) is 0 Å². The lowest BCUT2D eigenvalue weighted by molar-refractivity contribution is -0.150. The summed E-state index contributed by atoms with van der Waals surface area (Å²) in [7, 11) is 4.10. The number of hydrogen-bond acceptors (Lipinski definition) is 8. The predicted molar refractivity (Wildman–Crippen MR) is 172 cm³/mol. The number of ether oxygens (including phenoxy) is 2. The fourth-order valence-corrected chi connectivity index (χ4v) is 5.85. The first-order valence-corrected chi connectivity index (χ1v) is 17.0. The maximum Gasteiger partial charge on any atom is 0.333 e. The lowest BCUT2D eigenvalue weighted by atomic mass is 10.0. The van der Waals surface area contributed by atoms with Gasteiger partial charge in [-0.1, -0.05) is 70.4 Å². The molecule has 1 saturated heterocycles. The van der Waals surface area contributed by atoms with Crippen LogP contribution in [0, 0.1) is 0 Å². The zero-order chi connectivity index (χ0) is 31.7. The average molecular weight is 617 g/mol. The maximum absolute atomic E-state index is 13.3. The lowest BCUT2D eigenvalue weighted by Crippen LogP contribution is -2.40. The Morgan fingerprint density at radius 3 is 2.39 bits per heavy atom. The van der Waals surface area contributed by atoms with E-state index in [0.29, 0.717) is 5.69 Å². The molecule has 0 radical (unpaired) electrons. The van der Waals surface area contributed by atoms with Crippen molar-refractivity contribution in [1.82, 2.24) is 29.0 Å². The van der Waals surface area contributed by atoms with E-state index < -0.39 is 17.5 Å². The molecule has 2 aromatic heterocycles. The van der Waals surface area contributed by atoms with Gasteiger partial charge in [0.2, 0.25) is 0 Å². The molecule has 0 aliphatic carbocycles. The monoisotopic (exact) mass is 616 g/mol. The van der Waals surface area contributed by atoms with Crippen LogP contribution in [0.15, 0.2) is 28.0 Å². The molecule has 11 nitrogen and oxygen atoms in total. The summed E-state index contributed by atoms with van der Waals surface area (Å²) in [5, 5.41) is 8.20. The smallest absolute Gasteiger partial charge is 0.333 e. The van der Waals surface area contributed by atoms with Crippen LogP contribution < -0.4 is 11.2 Å². The van der Waals surface area contributed by atoms with Crippen molar-refractivity contribution >= 4 is 5.97 Å². The number of hydrogen-bond donors (Lipinski definition) is 0. The molecular weight excluding hydrogens is 560 g/mol. The number of rotatable bonds is 22. The Morgan fingerprint density at radius 2 is 1.68 bits per heavy atom. The number of esters is 1. The van der Waals surface area contributed by atoms with E-state index in [1.54, 1.807) is 6.20 Å². The largest absolute Gasteiger partial charge is 0.461 e. The number of aromatic nitrogens is 5. The standard InChI is InChI=1S/C33H56N6O5/c1-5-7-9-11-12-14-17-28(16-13-10-8-6-2)44-32(41)26-37-24-27(34-35-37)25-39-30(40)21-23-38(33(39)42)31-20-19-29(43-31)18-15-22-36(3)4/h21,23-24,28-29,31H,5-20,22,25-26H2,1-4H3/t28?,29-,31-/m1/s1. The summed E-state index contributed by atoms with van der Waals surface area (Å²) in [6.45, 7) is 5.31. The second kappa shape index (κ2) is 19.6. The first-order chi connectivity index (χ1) is 21.3. The van der Waals surface area contributed by atoms with Crippen molar-refractivity contribution in [1.29, 1.82) is 0 Å². The van der Waals surface area contributed by atoms with E-state index in [4.69, 9.17) is 9.47 Å². The Labute approximate surface area is 262 Å². The van der Waals surface area contributed by atoms with E-state index in [2.05, 4.69) is 43.2 Å². The number of carbonyl (C=O) groups is 1. The quantitative estimate of drug-likeness (QED) is 0.129. The number of carbonyl (C=O) groups excluding carboxylic acids is 1. The molecule has 248 valence electrons. The van der Waals surface area contributed by atoms with Gasteiger partial charge in [0.05, 0.1) is 18.8 Å². The molecule has 11 heteroatoms. The van der Waals surface area contributed by atoms with Gasteiger partial charge in [0.15, 0.2) is 0 Å². The molecule has 0 saturated carbocycles. The second-order valence-corrected chi connectivity index (χ2v) is 12.6. The van der Waals surface area contributed by atoms with Crippen LogP contribution in [-0.2, 0) is 27.4 Å². The van der Waals surface area contributed by atoms with Crippen molar-refractivity contribution in [2.45, 2.75) is 148 Å². The third-order valence-electron chi connectivity index (χ3n) is 8.38. The topological polar surface area (TPSA) is 113 Å². The third kappa shape index (κ3) is 12.3. The van der Waals surface area contributed by atoms with Gasteiger partial charge in [0.25, 0.3) is 5.56 Å². The first-order valence-electron chi connectivity index (χ1n) is 17.0. The van der Waals surface area contributed by atoms with Crippen molar-refractivity contribution in [2.75, 3.05) is 20.6 Å². The van der Waals surface area contributed by atoms with Gasteiger partial charge < -0.3 is 14.4 Å². The van der Waals surface area contributed by atoms with Gasteiger partial charge in [-0.25, -0.2) is 9.48 Å². The van der Waals surface area contributed by atoms with E-state index in [1.165, 1.54) is 66.5 Å².